The van der Waals surface area contributed by atoms with Crippen molar-refractivity contribution in [3.8, 4) is 0 Å². The number of hydrogen-bond donors (Lipinski definition) is 1. The van der Waals surface area contributed by atoms with Gasteiger partial charge in [0, 0.05) is 0 Å². The van der Waals surface area contributed by atoms with Gasteiger partial charge >= 0.3 is 0 Å². The summed E-state index contributed by atoms with van der Waals surface area (Å²) in [6.45, 7) is 5.70. The van der Waals surface area contributed by atoms with Crippen LogP contribution in [0.15, 0.2) is 4.52 Å². The minimum absolute atomic E-state index is 0.323. The standard InChI is InChI=1S/C11H20N4O/c1-9-3-2-5-15(6-4-9)8-10-13-11(7-12)16-14-10/h9H,2-8,12H2,1H3. The normalized spacial score (nSPS) is 23.2. The molecule has 0 aliphatic carbocycles. The summed E-state index contributed by atoms with van der Waals surface area (Å²) in [4.78, 5) is 6.63. The molecule has 5 nitrogen and oxygen atoms in total. The second-order valence-corrected chi connectivity index (χ2v) is 4.62. The van der Waals surface area contributed by atoms with Crippen molar-refractivity contribution in [2.75, 3.05) is 13.1 Å². The third-order valence-corrected chi connectivity index (χ3v) is 3.16. The maximum Gasteiger partial charge on any atom is 0.240 e. The third kappa shape index (κ3) is 3.02. The number of likely N-dealkylation sites (tertiary alicyclic amines) is 1. The molecule has 1 unspecified atom stereocenters. The lowest BCUT2D eigenvalue weighted by atomic mass is 10.0. The van der Waals surface area contributed by atoms with Crippen LogP contribution >= 0.6 is 0 Å². The Kier molecular flexibility index (Phi) is 3.90. The van der Waals surface area contributed by atoms with E-state index in [0.29, 0.717) is 12.4 Å². The van der Waals surface area contributed by atoms with Crippen LogP contribution in [0.2, 0.25) is 0 Å². The highest BCUT2D eigenvalue weighted by Gasteiger charge is 2.16. The second-order valence-electron chi connectivity index (χ2n) is 4.62. The van der Waals surface area contributed by atoms with E-state index in [4.69, 9.17) is 10.3 Å². The smallest absolute Gasteiger partial charge is 0.240 e. The predicted molar refractivity (Wildman–Crippen MR) is 60.5 cm³/mol. The SMILES string of the molecule is CC1CCCN(Cc2noc(CN)n2)CC1. The van der Waals surface area contributed by atoms with Gasteiger partial charge < -0.3 is 10.3 Å². The van der Waals surface area contributed by atoms with Crippen LogP contribution in [0, 0.1) is 5.92 Å². The highest BCUT2D eigenvalue weighted by Crippen LogP contribution is 2.17. The quantitative estimate of drug-likeness (QED) is 0.834. The fourth-order valence-corrected chi connectivity index (χ4v) is 2.12. The number of nitrogens with zero attached hydrogens (tertiary/aromatic N) is 3. The summed E-state index contributed by atoms with van der Waals surface area (Å²) >= 11 is 0. The lowest BCUT2D eigenvalue weighted by Crippen LogP contribution is -2.24. The van der Waals surface area contributed by atoms with Crippen molar-refractivity contribution in [3.05, 3.63) is 11.7 Å². The van der Waals surface area contributed by atoms with Crippen LogP contribution in [0.1, 0.15) is 37.9 Å². The highest BCUT2D eigenvalue weighted by molar-refractivity contribution is 4.86. The Bertz CT molecular complexity index is 326. The molecule has 90 valence electrons. The fourth-order valence-electron chi connectivity index (χ4n) is 2.12. The zero-order chi connectivity index (χ0) is 11.4. The largest absolute Gasteiger partial charge is 0.338 e. The lowest BCUT2D eigenvalue weighted by Gasteiger charge is -2.17. The van der Waals surface area contributed by atoms with Gasteiger partial charge in [0.05, 0.1) is 13.1 Å². The molecule has 2 heterocycles. The van der Waals surface area contributed by atoms with E-state index in [1.165, 1.54) is 19.3 Å². The van der Waals surface area contributed by atoms with Gasteiger partial charge in [-0.25, -0.2) is 0 Å². The molecule has 1 fully saturated rings. The van der Waals surface area contributed by atoms with Crippen LogP contribution < -0.4 is 5.73 Å². The van der Waals surface area contributed by atoms with Crippen LogP contribution in [0.3, 0.4) is 0 Å². The van der Waals surface area contributed by atoms with Crippen LogP contribution in [-0.2, 0) is 13.1 Å². The van der Waals surface area contributed by atoms with Gasteiger partial charge in [0.25, 0.3) is 0 Å². The van der Waals surface area contributed by atoms with E-state index in [-0.39, 0.29) is 0 Å². The van der Waals surface area contributed by atoms with Crippen molar-refractivity contribution >= 4 is 0 Å². The molecule has 2 rings (SSSR count). The summed E-state index contributed by atoms with van der Waals surface area (Å²) in [5, 5.41) is 3.92. The number of nitrogens with two attached hydrogens (primary N) is 1. The fraction of sp³-hybridized carbons (Fsp3) is 0.818. The van der Waals surface area contributed by atoms with Crippen LogP contribution in [-0.4, -0.2) is 28.1 Å². The van der Waals surface area contributed by atoms with Gasteiger partial charge in [0.15, 0.2) is 5.82 Å². The van der Waals surface area contributed by atoms with Gasteiger partial charge in [-0.05, 0) is 38.3 Å². The summed E-state index contributed by atoms with van der Waals surface area (Å²) in [5.41, 5.74) is 5.43. The summed E-state index contributed by atoms with van der Waals surface area (Å²) in [6, 6.07) is 0. The number of hydrogen-bond acceptors (Lipinski definition) is 5. The maximum atomic E-state index is 5.43. The van der Waals surface area contributed by atoms with Crippen LogP contribution in [0.5, 0.6) is 0 Å². The van der Waals surface area contributed by atoms with Gasteiger partial charge in [-0.1, -0.05) is 12.1 Å². The van der Waals surface area contributed by atoms with Gasteiger partial charge in [-0.2, -0.15) is 4.98 Å². The van der Waals surface area contributed by atoms with E-state index in [9.17, 15) is 0 Å². The lowest BCUT2D eigenvalue weighted by molar-refractivity contribution is 0.261. The van der Waals surface area contributed by atoms with Crippen molar-refractivity contribution in [3.63, 3.8) is 0 Å². The van der Waals surface area contributed by atoms with E-state index in [1.807, 2.05) is 0 Å². The van der Waals surface area contributed by atoms with Crippen molar-refractivity contribution in [2.45, 2.75) is 39.3 Å². The topological polar surface area (TPSA) is 68.2 Å². The first-order valence-electron chi connectivity index (χ1n) is 6.02. The predicted octanol–water partition coefficient (Wildman–Crippen LogP) is 1.15. The average molecular weight is 224 g/mol. The van der Waals surface area contributed by atoms with Crippen LogP contribution in [0.25, 0.3) is 0 Å². The Balaban J connectivity index is 1.88. The second kappa shape index (κ2) is 5.41. The third-order valence-electron chi connectivity index (χ3n) is 3.16. The number of rotatable bonds is 3. The van der Waals surface area contributed by atoms with Crippen molar-refractivity contribution in [1.29, 1.82) is 0 Å². The molecule has 0 aromatic carbocycles. The minimum atomic E-state index is 0.323. The summed E-state index contributed by atoms with van der Waals surface area (Å²) in [7, 11) is 0. The Morgan fingerprint density at radius 2 is 2.31 bits per heavy atom. The molecule has 16 heavy (non-hydrogen) atoms. The van der Waals surface area contributed by atoms with Gasteiger partial charge in [-0.15, -0.1) is 0 Å². The highest BCUT2D eigenvalue weighted by atomic mass is 16.5. The average Bonchev–Trinajstić information content (AvgIpc) is 2.63. The molecule has 1 saturated heterocycles. The summed E-state index contributed by atoms with van der Waals surface area (Å²) in [6.07, 6.45) is 3.86. The number of aromatic nitrogens is 2. The summed E-state index contributed by atoms with van der Waals surface area (Å²) in [5.74, 6) is 2.13. The van der Waals surface area contributed by atoms with E-state index in [1.54, 1.807) is 0 Å². The molecule has 1 aromatic heterocycles. The molecule has 1 aliphatic rings. The first-order chi connectivity index (χ1) is 7.78. The molecule has 0 spiro atoms. The van der Waals surface area contributed by atoms with Gasteiger partial charge in [0.2, 0.25) is 5.89 Å². The molecule has 0 bridgehead atoms. The molecular formula is C11H20N4O. The monoisotopic (exact) mass is 224 g/mol. The molecule has 1 atom stereocenters. The molecule has 1 aliphatic heterocycles. The van der Waals surface area contributed by atoms with E-state index in [0.717, 1.165) is 31.4 Å². The molecule has 0 amide bonds. The Morgan fingerprint density at radius 1 is 1.44 bits per heavy atom. The van der Waals surface area contributed by atoms with E-state index in [2.05, 4.69) is 22.0 Å². The van der Waals surface area contributed by atoms with Crippen molar-refractivity contribution in [2.24, 2.45) is 11.7 Å². The zero-order valence-corrected chi connectivity index (χ0v) is 9.85. The minimum Gasteiger partial charge on any atom is -0.338 e. The van der Waals surface area contributed by atoms with Gasteiger partial charge in [0.1, 0.15) is 0 Å². The Morgan fingerprint density at radius 3 is 3.06 bits per heavy atom. The van der Waals surface area contributed by atoms with Crippen molar-refractivity contribution < 1.29 is 4.52 Å². The van der Waals surface area contributed by atoms with E-state index < -0.39 is 0 Å². The molecule has 0 saturated carbocycles. The first-order valence-corrected chi connectivity index (χ1v) is 6.02. The molecular weight excluding hydrogens is 204 g/mol. The zero-order valence-electron chi connectivity index (χ0n) is 9.85. The van der Waals surface area contributed by atoms with E-state index >= 15 is 0 Å². The molecule has 1 aromatic rings. The Labute approximate surface area is 96.0 Å². The molecule has 0 radical (unpaired) electrons. The Hall–Kier alpha value is -0.940. The van der Waals surface area contributed by atoms with Crippen LogP contribution in [0.4, 0.5) is 0 Å². The summed E-state index contributed by atoms with van der Waals surface area (Å²) < 4.78 is 4.99. The molecule has 2 N–H and O–H groups in total. The van der Waals surface area contributed by atoms with Gasteiger partial charge in [-0.3, -0.25) is 4.90 Å². The molecule has 5 heteroatoms. The van der Waals surface area contributed by atoms with Crippen molar-refractivity contribution in [1.82, 2.24) is 15.0 Å². The maximum absolute atomic E-state index is 5.43. The first kappa shape index (κ1) is 11.5.